The normalized spacial score (nSPS) is 29.0. The predicted octanol–water partition coefficient (Wildman–Crippen LogP) is 2.29. The molecule has 0 radical (unpaired) electrons. The van der Waals surface area contributed by atoms with Gasteiger partial charge in [0.1, 0.15) is 0 Å². The summed E-state index contributed by atoms with van der Waals surface area (Å²) in [5, 5.41) is 4.56. The fourth-order valence-corrected chi connectivity index (χ4v) is 3.54. The number of hydrogen-bond acceptors (Lipinski definition) is 3. The van der Waals surface area contributed by atoms with E-state index in [1.54, 1.807) is 0 Å². The van der Waals surface area contributed by atoms with E-state index in [4.69, 9.17) is 4.74 Å². The average molecular weight is 229 g/mol. The van der Waals surface area contributed by atoms with Crippen LogP contribution in [-0.4, -0.2) is 37.3 Å². The topological polar surface area (TPSA) is 21.3 Å². The molecule has 0 aromatic heterocycles. The van der Waals surface area contributed by atoms with Gasteiger partial charge in [-0.25, -0.2) is 0 Å². The van der Waals surface area contributed by atoms with Gasteiger partial charge in [0.25, 0.3) is 0 Å². The first kappa shape index (κ1) is 11.7. The minimum Gasteiger partial charge on any atom is -0.383 e. The third-order valence-electron chi connectivity index (χ3n) is 3.42. The van der Waals surface area contributed by atoms with Crippen molar-refractivity contribution in [2.24, 2.45) is 5.92 Å². The molecule has 2 unspecified atom stereocenters. The molecule has 3 heteroatoms. The Morgan fingerprint density at radius 2 is 2.20 bits per heavy atom. The molecule has 2 fully saturated rings. The van der Waals surface area contributed by atoms with E-state index in [-0.39, 0.29) is 0 Å². The van der Waals surface area contributed by atoms with Crippen molar-refractivity contribution in [2.45, 2.75) is 43.4 Å². The lowest BCUT2D eigenvalue weighted by Gasteiger charge is -2.25. The van der Waals surface area contributed by atoms with Crippen LogP contribution in [0.2, 0.25) is 0 Å². The standard InChI is InChI=1S/C12H23NOS/c1-14-9-12(10-5-6-10)13-8-11-4-2-3-7-15-11/h10-13H,2-9H2,1H3. The quantitative estimate of drug-likeness (QED) is 0.755. The van der Waals surface area contributed by atoms with Crippen LogP contribution in [0.25, 0.3) is 0 Å². The molecule has 1 N–H and O–H groups in total. The molecule has 1 aliphatic heterocycles. The lowest BCUT2D eigenvalue weighted by molar-refractivity contribution is 0.157. The van der Waals surface area contributed by atoms with Gasteiger partial charge in [0.2, 0.25) is 0 Å². The Balaban J connectivity index is 1.65. The van der Waals surface area contributed by atoms with E-state index in [0.29, 0.717) is 6.04 Å². The molecular weight excluding hydrogens is 206 g/mol. The molecule has 2 atom stereocenters. The Kier molecular flexibility index (Phi) is 4.79. The second kappa shape index (κ2) is 6.12. The highest BCUT2D eigenvalue weighted by molar-refractivity contribution is 7.99. The van der Waals surface area contributed by atoms with E-state index in [0.717, 1.165) is 17.8 Å². The summed E-state index contributed by atoms with van der Waals surface area (Å²) in [4.78, 5) is 0. The zero-order valence-corrected chi connectivity index (χ0v) is 10.5. The first-order chi connectivity index (χ1) is 7.40. The van der Waals surface area contributed by atoms with Gasteiger partial charge in [-0.2, -0.15) is 11.8 Å². The van der Waals surface area contributed by atoms with Crippen LogP contribution in [0.15, 0.2) is 0 Å². The van der Waals surface area contributed by atoms with E-state index < -0.39 is 0 Å². The Hall–Kier alpha value is 0.270. The fourth-order valence-electron chi connectivity index (χ4n) is 2.29. The van der Waals surface area contributed by atoms with Crippen LogP contribution < -0.4 is 5.32 Å². The molecule has 1 saturated carbocycles. The number of rotatable bonds is 6. The third-order valence-corrected chi connectivity index (χ3v) is 4.82. The Morgan fingerprint density at radius 1 is 1.33 bits per heavy atom. The van der Waals surface area contributed by atoms with Gasteiger partial charge in [-0.3, -0.25) is 0 Å². The summed E-state index contributed by atoms with van der Waals surface area (Å²) < 4.78 is 5.28. The van der Waals surface area contributed by atoms with Crippen molar-refractivity contribution in [3.63, 3.8) is 0 Å². The van der Waals surface area contributed by atoms with Gasteiger partial charge in [-0.05, 0) is 37.4 Å². The molecule has 0 amide bonds. The first-order valence-electron chi connectivity index (χ1n) is 6.24. The molecule has 0 spiro atoms. The molecular formula is C12H23NOS. The van der Waals surface area contributed by atoms with Crippen molar-refractivity contribution in [1.29, 1.82) is 0 Å². The maximum absolute atomic E-state index is 5.28. The van der Waals surface area contributed by atoms with Crippen LogP contribution in [0, 0.1) is 5.92 Å². The lowest BCUT2D eigenvalue weighted by Crippen LogP contribution is -2.39. The highest BCUT2D eigenvalue weighted by atomic mass is 32.2. The number of ether oxygens (including phenoxy) is 1. The molecule has 1 aliphatic carbocycles. The Labute approximate surface area is 97.5 Å². The van der Waals surface area contributed by atoms with Crippen molar-refractivity contribution in [3.05, 3.63) is 0 Å². The van der Waals surface area contributed by atoms with E-state index in [1.807, 2.05) is 7.11 Å². The zero-order valence-electron chi connectivity index (χ0n) is 9.71. The van der Waals surface area contributed by atoms with Crippen molar-refractivity contribution in [1.82, 2.24) is 5.32 Å². The second-order valence-electron chi connectivity index (χ2n) is 4.80. The van der Waals surface area contributed by atoms with Crippen molar-refractivity contribution < 1.29 is 4.74 Å². The molecule has 1 heterocycles. The van der Waals surface area contributed by atoms with Crippen molar-refractivity contribution >= 4 is 11.8 Å². The van der Waals surface area contributed by atoms with E-state index in [1.165, 1.54) is 44.4 Å². The van der Waals surface area contributed by atoms with Crippen molar-refractivity contribution in [3.8, 4) is 0 Å². The van der Waals surface area contributed by atoms with Crippen molar-refractivity contribution in [2.75, 3.05) is 26.0 Å². The summed E-state index contributed by atoms with van der Waals surface area (Å²) in [6.45, 7) is 2.08. The number of methoxy groups -OCH3 is 1. The first-order valence-corrected chi connectivity index (χ1v) is 7.29. The van der Waals surface area contributed by atoms with Crippen LogP contribution in [0.1, 0.15) is 32.1 Å². The minimum absolute atomic E-state index is 0.623. The summed E-state index contributed by atoms with van der Waals surface area (Å²) in [5.74, 6) is 2.27. The largest absolute Gasteiger partial charge is 0.383 e. The maximum atomic E-state index is 5.28. The Morgan fingerprint density at radius 3 is 2.80 bits per heavy atom. The monoisotopic (exact) mass is 229 g/mol. The molecule has 0 bridgehead atoms. The summed E-state index contributed by atoms with van der Waals surface area (Å²) >= 11 is 2.15. The number of nitrogens with one attached hydrogen (secondary N) is 1. The molecule has 1 saturated heterocycles. The highest BCUT2D eigenvalue weighted by Gasteiger charge is 2.31. The molecule has 2 rings (SSSR count). The molecule has 88 valence electrons. The molecule has 2 aliphatic rings. The maximum Gasteiger partial charge on any atom is 0.0618 e. The van der Waals surface area contributed by atoms with Gasteiger partial charge in [0.05, 0.1) is 6.61 Å². The highest BCUT2D eigenvalue weighted by Crippen LogP contribution is 2.33. The zero-order chi connectivity index (χ0) is 10.5. The molecule has 0 aromatic rings. The molecule has 0 aromatic carbocycles. The van der Waals surface area contributed by atoms with Gasteiger partial charge in [-0.1, -0.05) is 6.42 Å². The van der Waals surface area contributed by atoms with Gasteiger partial charge in [-0.15, -0.1) is 0 Å². The second-order valence-corrected chi connectivity index (χ2v) is 6.20. The fraction of sp³-hybridized carbons (Fsp3) is 1.00. The Bertz CT molecular complexity index is 178. The minimum atomic E-state index is 0.623. The summed E-state index contributed by atoms with van der Waals surface area (Å²) in [6, 6.07) is 0.623. The van der Waals surface area contributed by atoms with Crippen LogP contribution in [0.4, 0.5) is 0 Å². The molecule has 15 heavy (non-hydrogen) atoms. The SMILES string of the molecule is COCC(NCC1CCCCS1)C1CC1. The third kappa shape index (κ3) is 3.97. The number of hydrogen-bond donors (Lipinski definition) is 1. The summed E-state index contributed by atoms with van der Waals surface area (Å²) in [7, 11) is 1.81. The van der Waals surface area contributed by atoms with E-state index in [2.05, 4.69) is 17.1 Å². The van der Waals surface area contributed by atoms with Crippen LogP contribution >= 0.6 is 11.8 Å². The van der Waals surface area contributed by atoms with Gasteiger partial charge in [0, 0.05) is 24.9 Å². The number of thioether (sulfide) groups is 1. The smallest absolute Gasteiger partial charge is 0.0618 e. The van der Waals surface area contributed by atoms with Crippen LogP contribution in [0.5, 0.6) is 0 Å². The summed E-state index contributed by atoms with van der Waals surface area (Å²) in [5.41, 5.74) is 0. The van der Waals surface area contributed by atoms with Crippen LogP contribution in [-0.2, 0) is 4.74 Å². The lowest BCUT2D eigenvalue weighted by atomic mass is 10.1. The van der Waals surface area contributed by atoms with Gasteiger partial charge < -0.3 is 10.1 Å². The van der Waals surface area contributed by atoms with E-state index in [9.17, 15) is 0 Å². The summed E-state index contributed by atoms with van der Waals surface area (Å²) in [6.07, 6.45) is 7.06. The predicted molar refractivity (Wildman–Crippen MR) is 66.5 cm³/mol. The van der Waals surface area contributed by atoms with E-state index >= 15 is 0 Å². The van der Waals surface area contributed by atoms with Gasteiger partial charge >= 0.3 is 0 Å². The van der Waals surface area contributed by atoms with Gasteiger partial charge in [0.15, 0.2) is 0 Å². The molecule has 2 nitrogen and oxygen atoms in total. The van der Waals surface area contributed by atoms with Crippen LogP contribution in [0.3, 0.4) is 0 Å². The average Bonchev–Trinajstić information content (AvgIpc) is 3.09.